The van der Waals surface area contributed by atoms with Crippen LogP contribution in [0.15, 0.2) is 46.9 Å². The van der Waals surface area contributed by atoms with E-state index in [1.165, 1.54) is 7.11 Å². The molecule has 0 aromatic heterocycles. The summed E-state index contributed by atoms with van der Waals surface area (Å²) < 4.78 is 5.74. The van der Waals surface area contributed by atoms with Crippen LogP contribution in [0.4, 0.5) is 11.4 Å². The molecule has 148 valence electrons. The Morgan fingerprint density at radius 3 is 2.29 bits per heavy atom. The second-order valence-corrected chi connectivity index (χ2v) is 7.52. The predicted octanol–water partition coefficient (Wildman–Crippen LogP) is 3.63. The lowest BCUT2D eigenvalue weighted by molar-refractivity contribution is 0.0600. The molecule has 3 rings (SSSR count). The van der Waals surface area contributed by atoms with Gasteiger partial charge in [-0.05, 0) is 49.0 Å². The fourth-order valence-electron chi connectivity index (χ4n) is 3.26. The van der Waals surface area contributed by atoms with Gasteiger partial charge in [-0.1, -0.05) is 22.9 Å². The molecule has 1 N–H and O–H groups in total. The normalized spacial score (nSPS) is 14.6. The Morgan fingerprint density at radius 1 is 1.04 bits per heavy atom. The van der Waals surface area contributed by atoms with Crippen molar-refractivity contribution in [3.63, 3.8) is 0 Å². The molecule has 1 saturated heterocycles. The van der Waals surface area contributed by atoms with Crippen LogP contribution in [0.2, 0.25) is 0 Å². The van der Waals surface area contributed by atoms with Gasteiger partial charge in [0.05, 0.1) is 24.0 Å². The fourth-order valence-corrected chi connectivity index (χ4v) is 3.52. The number of rotatable bonds is 5. The van der Waals surface area contributed by atoms with Gasteiger partial charge in [0, 0.05) is 36.2 Å². The van der Waals surface area contributed by atoms with Crippen LogP contribution >= 0.6 is 15.9 Å². The van der Waals surface area contributed by atoms with E-state index in [1.807, 2.05) is 18.2 Å². The highest BCUT2D eigenvalue weighted by molar-refractivity contribution is 9.10. The lowest BCUT2D eigenvalue weighted by atomic mass is 10.1. The molecule has 0 radical (unpaired) electrons. The van der Waals surface area contributed by atoms with Crippen molar-refractivity contribution in [2.45, 2.75) is 6.92 Å². The summed E-state index contributed by atoms with van der Waals surface area (Å²) in [6.07, 6.45) is 0. The molecule has 7 heteroatoms. The summed E-state index contributed by atoms with van der Waals surface area (Å²) >= 11 is 3.38. The van der Waals surface area contributed by atoms with Crippen molar-refractivity contribution in [2.75, 3.05) is 50.1 Å². The summed E-state index contributed by atoms with van der Waals surface area (Å²) in [7, 11) is 1.35. The minimum atomic E-state index is -0.429. The zero-order chi connectivity index (χ0) is 20.1. The first kappa shape index (κ1) is 20.4. The number of anilines is 2. The number of nitrogens with one attached hydrogen (secondary N) is 1. The summed E-state index contributed by atoms with van der Waals surface area (Å²) in [5.41, 5.74) is 2.48. The van der Waals surface area contributed by atoms with Gasteiger partial charge in [0.1, 0.15) is 0 Å². The van der Waals surface area contributed by atoms with E-state index in [4.69, 9.17) is 4.74 Å². The molecule has 0 atom stereocenters. The van der Waals surface area contributed by atoms with Crippen molar-refractivity contribution in [1.29, 1.82) is 0 Å². The first-order valence-electron chi connectivity index (χ1n) is 9.28. The highest BCUT2D eigenvalue weighted by Crippen LogP contribution is 2.29. The van der Waals surface area contributed by atoms with E-state index < -0.39 is 5.97 Å². The van der Waals surface area contributed by atoms with Crippen molar-refractivity contribution in [1.82, 2.24) is 4.90 Å². The first-order valence-corrected chi connectivity index (χ1v) is 10.1. The van der Waals surface area contributed by atoms with Crippen molar-refractivity contribution in [3.8, 4) is 0 Å². The third kappa shape index (κ3) is 4.72. The average molecular weight is 446 g/mol. The van der Waals surface area contributed by atoms with Crippen LogP contribution in [0.25, 0.3) is 0 Å². The topological polar surface area (TPSA) is 61.9 Å². The van der Waals surface area contributed by atoms with Gasteiger partial charge >= 0.3 is 5.97 Å². The van der Waals surface area contributed by atoms with Crippen LogP contribution in [-0.2, 0) is 4.74 Å². The van der Waals surface area contributed by atoms with Gasteiger partial charge in [0.15, 0.2) is 0 Å². The van der Waals surface area contributed by atoms with Crippen molar-refractivity contribution >= 4 is 39.2 Å². The maximum absolute atomic E-state index is 12.7. The third-order valence-electron chi connectivity index (χ3n) is 4.93. The zero-order valence-corrected chi connectivity index (χ0v) is 17.7. The largest absolute Gasteiger partial charge is 0.465 e. The molecule has 1 aliphatic heterocycles. The van der Waals surface area contributed by atoms with Gasteiger partial charge in [0.25, 0.3) is 5.91 Å². The summed E-state index contributed by atoms with van der Waals surface area (Å²) in [5, 5.41) is 2.97. The molecule has 1 heterocycles. The average Bonchev–Trinajstić information content (AvgIpc) is 2.73. The molecule has 2 aromatic rings. The Balaban J connectivity index is 1.88. The smallest absolute Gasteiger partial charge is 0.337 e. The van der Waals surface area contributed by atoms with Gasteiger partial charge in [-0.25, -0.2) is 4.79 Å². The number of halogens is 1. The number of ether oxygens (including phenoxy) is 1. The minimum absolute atomic E-state index is 0.219. The monoisotopic (exact) mass is 445 g/mol. The fraction of sp³-hybridized carbons (Fsp3) is 0.333. The highest BCUT2D eigenvalue weighted by atomic mass is 79.9. The molecular weight excluding hydrogens is 422 g/mol. The number of benzene rings is 2. The molecule has 28 heavy (non-hydrogen) atoms. The minimum Gasteiger partial charge on any atom is -0.465 e. The van der Waals surface area contributed by atoms with Crippen LogP contribution in [0.1, 0.15) is 27.6 Å². The second kappa shape index (κ2) is 9.21. The van der Waals surface area contributed by atoms with Crippen LogP contribution < -0.4 is 10.2 Å². The van der Waals surface area contributed by atoms with E-state index in [-0.39, 0.29) is 5.91 Å². The number of amides is 1. The number of likely N-dealkylation sites (N-methyl/N-ethyl adjacent to an activating group) is 1. The number of esters is 1. The Hall–Kier alpha value is -2.38. The maximum Gasteiger partial charge on any atom is 0.337 e. The molecular formula is C21H24BrN3O3. The Bertz CT molecular complexity index is 846. The predicted molar refractivity (Wildman–Crippen MR) is 114 cm³/mol. The quantitative estimate of drug-likeness (QED) is 0.711. The second-order valence-electron chi connectivity index (χ2n) is 6.61. The van der Waals surface area contributed by atoms with Crippen molar-refractivity contribution in [2.24, 2.45) is 0 Å². The number of hydrogen-bond acceptors (Lipinski definition) is 5. The number of carbonyl (C=O) groups is 2. The Morgan fingerprint density at radius 2 is 1.68 bits per heavy atom. The van der Waals surface area contributed by atoms with E-state index in [0.29, 0.717) is 16.8 Å². The third-order valence-corrected chi connectivity index (χ3v) is 5.46. The van der Waals surface area contributed by atoms with E-state index in [9.17, 15) is 9.59 Å². The molecule has 6 nitrogen and oxygen atoms in total. The zero-order valence-electron chi connectivity index (χ0n) is 16.1. The summed E-state index contributed by atoms with van der Waals surface area (Å²) in [4.78, 5) is 29.3. The van der Waals surface area contributed by atoms with E-state index in [0.717, 1.165) is 42.9 Å². The Labute approximate surface area is 173 Å². The maximum atomic E-state index is 12.7. The van der Waals surface area contributed by atoms with Crippen LogP contribution in [-0.4, -0.2) is 56.6 Å². The van der Waals surface area contributed by atoms with Gasteiger partial charge in [-0.15, -0.1) is 0 Å². The van der Waals surface area contributed by atoms with Crippen LogP contribution in [0.5, 0.6) is 0 Å². The van der Waals surface area contributed by atoms with Crippen molar-refractivity contribution < 1.29 is 14.3 Å². The molecule has 1 fully saturated rings. The van der Waals surface area contributed by atoms with E-state index >= 15 is 0 Å². The van der Waals surface area contributed by atoms with Gasteiger partial charge in [-0.2, -0.15) is 0 Å². The number of piperazine rings is 1. The number of carbonyl (C=O) groups excluding carboxylic acids is 2. The van der Waals surface area contributed by atoms with Gasteiger partial charge in [0.2, 0.25) is 0 Å². The number of methoxy groups -OCH3 is 1. The molecule has 0 spiro atoms. The van der Waals surface area contributed by atoms with Crippen molar-refractivity contribution in [3.05, 3.63) is 58.1 Å². The molecule has 1 amide bonds. The lowest BCUT2D eigenvalue weighted by Gasteiger charge is -2.36. The standard InChI is InChI=1S/C21H24BrN3O3/c1-3-24-10-12-25(13-11-24)19-9-6-16(21(27)28-2)14-18(19)23-20(26)15-4-7-17(22)8-5-15/h4-9,14H,3,10-13H2,1-2H3,(H,23,26). The molecule has 0 saturated carbocycles. The molecule has 0 unspecified atom stereocenters. The van der Waals surface area contributed by atoms with Crippen LogP contribution in [0.3, 0.4) is 0 Å². The summed E-state index contributed by atoms with van der Waals surface area (Å²) in [5.74, 6) is -0.649. The van der Waals surface area contributed by atoms with E-state index in [2.05, 4.69) is 38.0 Å². The molecule has 2 aromatic carbocycles. The number of hydrogen-bond donors (Lipinski definition) is 1. The lowest BCUT2D eigenvalue weighted by Crippen LogP contribution is -2.46. The van der Waals surface area contributed by atoms with Gasteiger partial charge < -0.3 is 19.9 Å². The Kier molecular flexibility index (Phi) is 6.70. The SMILES string of the molecule is CCN1CCN(c2ccc(C(=O)OC)cc2NC(=O)c2ccc(Br)cc2)CC1. The van der Waals surface area contributed by atoms with Crippen LogP contribution in [0, 0.1) is 0 Å². The molecule has 1 aliphatic rings. The number of nitrogens with zero attached hydrogens (tertiary/aromatic N) is 2. The summed E-state index contributed by atoms with van der Waals surface area (Å²) in [6.45, 7) is 6.86. The molecule has 0 aliphatic carbocycles. The highest BCUT2D eigenvalue weighted by Gasteiger charge is 2.21. The molecule has 0 bridgehead atoms. The first-order chi connectivity index (χ1) is 13.5. The van der Waals surface area contributed by atoms with Gasteiger partial charge in [-0.3, -0.25) is 4.79 Å². The summed E-state index contributed by atoms with van der Waals surface area (Å²) in [6, 6.07) is 12.5. The van der Waals surface area contributed by atoms with E-state index in [1.54, 1.807) is 24.3 Å².